The van der Waals surface area contributed by atoms with E-state index in [0.29, 0.717) is 5.91 Å². The summed E-state index contributed by atoms with van der Waals surface area (Å²) in [4.78, 5) is 14.1. The number of hydrogen-bond donors (Lipinski definition) is 1. The van der Waals surface area contributed by atoms with E-state index in [2.05, 4.69) is 20.8 Å². The SMILES string of the molecule is CCCCCCCCCCCCCCCCCCC(C)(CCCCCCCCCCCCCCCCCC)[NH+]1CCCC1=O.[Cl-]. The first-order valence-electron chi connectivity index (χ1n) is 21.0. The Balaban J connectivity index is 0.0000194. The number of likely N-dealkylation sites (tertiary alicyclic amines) is 1. The van der Waals surface area contributed by atoms with Gasteiger partial charge in [0.1, 0.15) is 5.54 Å². The molecular formula is C42H84ClNO. The van der Waals surface area contributed by atoms with Crippen LogP contribution in [0.15, 0.2) is 0 Å². The van der Waals surface area contributed by atoms with Crippen LogP contribution in [0.3, 0.4) is 0 Å². The fourth-order valence-corrected chi connectivity index (χ4v) is 7.91. The minimum absolute atomic E-state index is 0. The molecule has 1 unspecified atom stereocenters. The van der Waals surface area contributed by atoms with E-state index < -0.39 is 0 Å². The Hall–Kier alpha value is -0.0800. The summed E-state index contributed by atoms with van der Waals surface area (Å²) in [5.74, 6) is 0.514. The van der Waals surface area contributed by atoms with Gasteiger partial charge in [-0.2, -0.15) is 0 Å². The molecule has 0 radical (unpaired) electrons. The maximum atomic E-state index is 12.7. The van der Waals surface area contributed by atoms with Crippen molar-refractivity contribution in [1.82, 2.24) is 0 Å². The van der Waals surface area contributed by atoms with Crippen LogP contribution in [-0.4, -0.2) is 18.0 Å². The molecule has 45 heavy (non-hydrogen) atoms. The summed E-state index contributed by atoms with van der Waals surface area (Å²) in [6, 6.07) is 0. The van der Waals surface area contributed by atoms with E-state index in [1.54, 1.807) is 0 Å². The van der Waals surface area contributed by atoms with Gasteiger partial charge < -0.3 is 12.4 Å². The van der Waals surface area contributed by atoms with Gasteiger partial charge in [0.05, 0.1) is 13.0 Å². The zero-order chi connectivity index (χ0) is 31.8. The third-order valence-electron chi connectivity index (χ3n) is 11.1. The smallest absolute Gasteiger partial charge is 0.312 e. The second-order valence-corrected chi connectivity index (χ2v) is 15.4. The van der Waals surface area contributed by atoms with Gasteiger partial charge in [-0.15, -0.1) is 0 Å². The predicted molar refractivity (Wildman–Crippen MR) is 197 cm³/mol. The molecule has 1 rings (SSSR count). The average molecular weight is 655 g/mol. The molecule has 1 heterocycles. The fourth-order valence-electron chi connectivity index (χ4n) is 7.91. The lowest BCUT2D eigenvalue weighted by Crippen LogP contribution is -3.20. The van der Waals surface area contributed by atoms with Crippen LogP contribution in [0, 0.1) is 0 Å². The van der Waals surface area contributed by atoms with E-state index in [4.69, 9.17) is 0 Å². The Morgan fingerprint density at radius 1 is 0.444 bits per heavy atom. The molecule has 3 heteroatoms. The summed E-state index contributed by atoms with van der Waals surface area (Å²) >= 11 is 0. The second kappa shape index (κ2) is 33.8. The molecule has 1 aliphatic heterocycles. The molecular weight excluding hydrogens is 570 g/mol. The zero-order valence-electron chi connectivity index (χ0n) is 31.4. The highest BCUT2D eigenvalue weighted by molar-refractivity contribution is 5.68. The Labute approximate surface area is 291 Å². The van der Waals surface area contributed by atoms with Crippen molar-refractivity contribution in [3.05, 3.63) is 0 Å². The van der Waals surface area contributed by atoms with Crippen molar-refractivity contribution in [2.24, 2.45) is 0 Å². The van der Waals surface area contributed by atoms with Gasteiger partial charge in [-0.25, -0.2) is 4.79 Å². The molecule has 1 fully saturated rings. The molecule has 0 bridgehead atoms. The monoisotopic (exact) mass is 654 g/mol. The lowest BCUT2D eigenvalue weighted by molar-refractivity contribution is -0.869. The number of hydrogen-bond acceptors (Lipinski definition) is 1. The molecule has 0 aromatic heterocycles. The largest absolute Gasteiger partial charge is 1.00 e. The van der Waals surface area contributed by atoms with E-state index in [0.717, 1.165) is 19.4 Å². The van der Waals surface area contributed by atoms with Crippen molar-refractivity contribution in [2.75, 3.05) is 6.54 Å². The van der Waals surface area contributed by atoms with Crippen molar-refractivity contribution in [1.29, 1.82) is 0 Å². The fraction of sp³-hybridized carbons (Fsp3) is 0.976. The number of nitrogens with one attached hydrogen (secondary N) is 1. The van der Waals surface area contributed by atoms with E-state index in [1.165, 1.54) is 223 Å². The summed E-state index contributed by atoms with van der Waals surface area (Å²) in [7, 11) is 0. The van der Waals surface area contributed by atoms with E-state index in [1.807, 2.05) is 0 Å². The first kappa shape index (κ1) is 44.9. The lowest BCUT2D eigenvalue weighted by atomic mass is 9.86. The van der Waals surface area contributed by atoms with E-state index in [9.17, 15) is 4.79 Å². The third-order valence-corrected chi connectivity index (χ3v) is 11.1. The van der Waals surface area contributed by atoms with Gasteiger partial charge in [0.25, 0.3) is 0 Å². The van der Waals surface area contributed by atoms with Crippen molar-refractivity contribution in [3.8, 4) is 0 Å². The number of carbonyl (C=O) groups is 1. The van der Waals surface area contributed by atoms with Crippen LogP contribution in [-0.2, 0) is 4.79 Å². The highest BCUT2D eigenvalue weighted by Crippen LogP contribution is 2.23. The Morgan fingerprint density at radius 2 is 0.689 bits per heavy atom. The molecule has 0 aromatic rings. The summed E-state index contributed by atoms with van der Waals surface area (Å²) in [6.07, 6.45) is 50.2. The highest BCUT2D eigenvalue weighted by atomic mass is 35.5. The molecule has 0 saturated carbocycles. The molecule has 1 N–H and O–H groups in total. The van der Waals surface area contributed by atoms with Crippen LogP contribution in [0.5, 0.6) is 0 Å². The molecule has 1 amide bonds. The molecule has 1 saturated heterocycles. The molecule has 0 aromatic carbocycles. The number of amides is 1. The summed E-state index contributed by atoms with van der Waals surface area (Å²) in [6.45, 7) is 8.16. The number of quaternary nitrogens is 1. The van der Waals surface area contributed by atoms with Crippen LogP contribution < -0.4 is 17.3 Å². The van der Waals surface area contributed by atoms with E-state index in [-0.39, 0.29) is 17.9 Å². The molecule has 1 aliphatic rings. The van der Waals surface area contributed by atoms with Gasteiger partial charge in [0.2, 0.25) is 0 Å². The minimum atomic E-state index is 0. The van der Waals surface area contributed by atoms with Crippen molar-refractivity contribution < 1.29 is 22.1 Å². The Morgan fingerprint density at radius 3 is 0.911 bits per heavy atom. The van der Waals surface area contributed by atoms with Crippen LogP contribution in [0.4, 0.5) is 0 Å². The second-order valence-electron chi connectivity index (χ2n) is 15.4. The number of rotatable bonds is 35. The number of carbonyl (C=O) groups excluding carboxylic acids is 1. The normalized spacial score (nSPS) is 15.2. The topological polar surface area (TPSA) is 21.5 Å². The lowest BCUT2D eigenvalue weighted by Gasteiger charge is -2.34. The average Bonchev–Trinajstić information content (AvgIpc) is 3.47. The standard InChI is InChI=1S/C42H83NO.ClH/c1-4-6-8-10-12-14-16-18-20-22-24-26-28-30-32-34-38-42(3,43-40-36-37-41(43)44)39-35-33-31-29-27-25-23-21-19-17-15-13-11-9-7-5-2;/h4-40H2,1-3H3;1H. The maximum absolute atomic E-state index is 12.7. The summed E-state index contributed by atoms with van der Waals surface area (Å²) < 4.78 is 0. The van der Waals surface area contributed by atoms with Crippen molar-refractivity contribution in [3.63, 3.8) is 0 Å². The van der Waals surface area contributed by atoms with Crippen molar-refractivity contribution >= 4 is 5.91 Å². The molecule has 0 aliphatic carbocycles. The molecule has 2 nitrogen and oxygen atoms in total. The van der Waals surface area contributed by atoms with Crippen LogP contribution in [0.2, 0.25) is 0 Å². The predicted octanol–water partition coefficient (Wildman–Crippen LogP) is 10.3. The first-order chi connectivity index (χ1) is 21.6. The van der Waals surface area contributed by atoms with Crippen LogP contribution >= 0.6 is 0 Å². The van der Waals surface area contributed by atoms with Gasteiger partial charge >= 0.3 is 5.91 Å². The minimum Gasteiger partial charge on any atom is -1.00 e. The van der Waals surface area contributed by atoms with Crippen molar-refractivity contribution in [2.45, 2.75) is 257 Å². The van der Waals surface area contributed by atoms with Gasteiger partial charge in [0, 0.05) is 19.3 Å². The van der Waals surface area contributed by atoms with E-state index >= 15 is 0 Å². The Kier molecular flexibility index (Phi) is 33.7. The van der Waals surface area contributed by atoms with Crippen LogP contribution in [0.1, 0.15) is 252 Å². The van der Waals surface area contributed by atoms with Gasteiger partial charge in [-0.1, -0.05) is 206 Å². The van der Waals surface area contributed by atoms with Gasteiger partial charge in [0.15, 0.2) is 0 Å². The maximum Gasteiger partial charge on any atom is 0.312 e. The third kappa shape index (κ3) is 26.5. The van der Waals surface area contributed by atoms with Gasteiger partial charge in [-0.3, -0.25) is 4.90 Å². The van der Waals surface area contributed by atoms with Crippen LogP contribution in [0.25, 0.3) is 0 Å². The Bertz CT molecular complexity index is 572. The van der Waals surface area contributed by atoms with Gasteiger partial charge in [-0.05, 0) is 19.8 Å². The summed E-state index contributed by atoms with van der Waals surface area (Å²) in [5.41, 5.74) is 0.194. The highest BCUT2D eigenvalue weighted by Gasteiger charge is 2.42. The summed E-state index contributed by atoms with van der Waals surface area (Å²) in [5, 5.41) is 0. The number of halogens is 1. The number of unbranched alkanes of at least 4 members (excludes halogenated alkanes) is 30. The first-order valence-corrected chi connectivity index (χ1v) is 21.0. The quantitative estimate of drug-likeness (QED) is 0.0675. The molecule has 0 spiro atoms. The molecule has 270 valence electrons. The molecule has 1 atom stereocenters. The zero-order valence-corrected chi connectivity index (χ0v) is 32.2.